The summed E-state index contributed by atoms with van der Waals surface area (Å²) in [6, 6.07) is 7.67. The summed E-state index contributed by atoms with van der Waals surface area (Å²) in [6.07, 6.45) is 5.66. The van der Waals surface area contributed by atoms with Crippen LogP contribution in [0.15, 0.2) is 30.3 Å². The molecule has 1 aliphatic heterocycles. The van der Waals surface area contributed by atoms with E-state index < -0.39 is 0 Å². The molecule has 1 aliphatic rings. The van der Waals surface area contributed by atoms with Crippen LogP contribution in [0, 0.1) is 0 Å². The fraction of sp³-hybridized carbons (Fsp3) is 0.444. The van der Waals surface area contributed by atoms with Crippen LogP contribution in [-0.4, -0.2) is 38.1 Å². The molecule has 1 heterocycles. The highest BCUT2D eigenvalue weighted by Crippen LogP contribution is 2.21. The van der Waals surface area contributed by atoms with Crippen LogP contribution in [0.4, 0.5) is 5.69 Å². The van der Waals surface area contributed by atoms with Crippen molar-refractivity contribution in [2.24, 2.45) is 0 Å². The standard InChI is InChI=1S/C18H24N2O3/c1-2-23-14-4-12-19-17(21)11-8-15-6-9-16(10-7-15)20-13-3-5-18(20)22/h6-11H,2-5,12-14H2,1H3,(H,19,21)/b11-8+. The summed E-state index contributed by atoms with van der Waals surface area (Å²) in [5.41, 5.74) is 1.86. The first-order valence-corrected chi connectivity index (χ1v) is 8.15. The molecule has 0 atom stereocenters. The molecule has 1 aromatic carbocycles. The second-order valence-electron chi connectivity index (χ2n) is 5.42. The van der Waals surface area contributed by atoms with Gasteiger partial charge in [0.2, 0.25) is 11.8 Å². The minimum Gasteiger partial charge on any atom is -0.382 e. The monoisotopic (exact) mass is 316 g/mol. The Morgan fingerprint density at radius 2 is 2.13 bits per heavy atom. The number of nitrogens with one attached hydrogen (secondary N) is 1. The maximum atomic E-state index is 11.7. The van der Waals surface area contributed by atoms with Crippen molar-refractivity contribution in [3.63, 3.8) is 0 Å². The molecule has 1 aromatic rings. The molecule has 1 N–H and O–H groups in total. The molecule has 0 unspecified atom stereocenters. The summed E-state index contributed by atoms with van der Waals surface area (Å²) in [7, 11) is 0. The first-order valence-electron chi connectivity index (χ1n) is 8.15. The summed E-state index contributed by atoms with van der Waals surface area (Å²) < 4.78 is 5.21. The van der Waals surface area contributed by atoms with E-state index in [2.05, 4.69) is 5.32 Å². The van der Waals surface area contributed by atoms with Crippen molar-refractivity contribution < 1.29 is 14.3 Å². The molecule has 0 radical (unpaired) electrons. The second kappa shape index (κ2) is 9.10. The summed E-state index contributed by atoms with van der Waals surface area (Å²) in [5.74, 6) is 0.0695. The molecule has 0 saturated carbocycles. The fourth-order valence-electron chi connectivity index (χ4n) is 2.45. The van der Waals surface area contributed by atoms with Gasteiger partial charge in [0.05, 0.1) is 0 Å². The molecule has 0 aromatic heterocycles. The summed E-state index contributed by atoms with van der Waals surface area (Å²) >= 11 is 0. The largest absolute Gasteiger partial charge is 0.382 e. The first-order chi connectivity index (χ1) is 11.2. The molecular formula is C18H24N2O3. The van der Waals surface area contributed by atoms with Crippen LogP contribution >= 0.6 is 0 Å². The molecule has 1 fully saturated rings. The van der Waals surface area contributed by atoms with Gasteiger partial charge in [0.15, 0.2) is 0 Å². The highest BCUT2D eigenvalue weighted by molar-refractivity contribution is 5.95. The predicted octanol–water partition coefficient (Wildman–Crippen LogP) is 2.37. The zero-order valence-electron chi connectivity index (χ0n) is 13.6. The van der Waals surface area contributed by atoms with Crippen molar-refractivity contribution in [1.29, 1.82) is 0 Å². The number of benzene rings is 1. The zero-order valence-corrected chi connectivity index (χ0v) is 13.6. The van der Waals surface area contributed by atoms with Crippen LogP contribution in [0.1, 0.15) is 31.7 Å². The number of rotatable bonds is 8. The van der Waals surface area contributed by atoms with Gasteiger partial charge in [-0.05, 0) is 43.5 Å². The quantitative estimate of drug-likeness (QED) is 0.592. The van der Waals surface area contributed by atoms with Crippen LogP contribution in [0.2, 0.25) is 0 Å². The number of carbonyl (C=O) groups is 2. The minimum absolute atomic E-state index is 0.111. The third-order valence-corrected chi connectivity index (χ3v) is 3.67. The van der Waals surface area contributed by atoms with Gasteiger partial charge in [0, 0.05) is 44.5 Å². The number of hydrogen-bond acceptors (Lipinski definition) is 3. The smallest absolute Gasteiger partial charge is 0.244 e. The Kier molecular flexibility index (Phi) is 6.81. The number of nitrogens with zero attached hydrogens (tertiary/aromatic N) is 1. The molecule has 23 heavy (non-hydrogen) atoms. The van der Waals surface area contributed by atoms with E-state index in [0.29, 0.717) is 26.2 Å². The molecule has 5 nitrogen and oxygen atoms in total. The van der Waals surface area contributed by atoms with E-state index in [-0.39, 0.29) is 11.8 Å². The van der Waals surface area contributed by atoms with Gasteiger partial charge < -0.3 is 15.0 Å². The SMILES string of the molecule is CCOCCCNC(=O)/C=C/c1ccc(N2CCCC2=O)cc1. The lowest BCUT2D eigenvalue weighted by atomic mass is 10.2. The van der Waals surface area contributed by atoms with Gasteiger partial charge in [-0.3, -0.25) is 9.59 Å². The molecule has 0 bridgehead atoms. The van der Waals surface area contributed by atoms with Crippen LogP contribution < -0.4 is 10.2 Å². The lowest BCUT2D eigenvalue weighted by molar-refractivity contribution is -0.117. The van der Waals surface area contributed by atoms with Crippen molar-refractivity contribution in [2.45, 2.75) is 26.2 Å². The molecule has 124 valence electrons. The van der Waals surface area contributed by atoms with Gasteiger partial charge in [-0.2, -0.15) is 0 Å². The highest BCUT2D eigenvalue weighted by atomic mass is 16.5. The van der Waals surface area contributed by atoms with Gasteiger partial charge in [-0.15, -0.1) is 0 Å². The van der Waals surface area contributed by atoms with Crippen LogP contribution in [0.25, 0.3) is 6.08 Å². The number of ether oxygens (including phenoxy) is 1. The second-order valence-corrected chi connectivity index (χ2v) is 5.42. The Hall–Kier alpha value is -2.14. The normalized spacial score (nSPS) is 14.7. The van der Waals surface area contributed by atoms with Crippen molar-refractivity contribution in [3.05, 3.63) is 35.9 Å². The third kappa shape index (κ3) is 5.53. The molecular weight excluding hydrogens is 292 g/mol. The third-order valence-electron chi connectivity index (χ3n) is 3.67. The highest BCUT2D eigenvalue weighted by Gasteiger charge is 2.21. The Morgan fingerprint density at radius 1 is 1.35 bits per heavy atom. The van der Waals surface area contributed by atoms with Gasteiger partial charge in [0.1, 0.15) is 0 Å². The van der Waals surface area contributed by atoms with E-state index in [9.17, 15) is 9.59 Å². The molecule has 2 rings (SSSR count). The maximum Gasteiger partial charge on any atom is 0.244 e. The molecule has 0 spiro atoms. The number of anilines is 1. The van der Waals surface area contributed by atoms with E-state index in [0.717, 1.165) is 30.6 Å². The van der Waals surface area contributed by atoms with Crippen molar-refractivity contribution >= 4 is 23.6 Å². The molecule has 2 amide bonds. The van der Waals surface area contributed by atoms with E-state index in [1.54, 1.807) is 11.0 Å². The maximum absolute atomic E-state index is 11.7. The fourth-order valence-corrected chi connectivity index (χ4v) is 2.45. The lowest BCUT2D eigenvalue weighted by Crippen LogP contribution is -2.23. The van der Waals surface area contributed by atoms with Crippen molar-refractivity contribution in [2.75, 3.05) is 31.2 Å². The number of amides is 2. The van der Waals surface area contributed by atoms with E-state index in [1.807, 2.05) is 31.2 Å². The summed E-state index contributed by atoms with van der Waals surface area (Å²) in [4.78, 5) is 25.2. The van der Waals surface area contributed by atoms with Gasteiger partial charge in [0.25, 0.3) is 0 Å². The van der Waals surface area contributed by atoms with Crippen molar-refractivity contribution in [1.82, 2.24) is 5.32 Å². The predicted molar refractivity (Wildman–Crippen MR) is 91.2 cm³/mol. The van der Waals surface area contributed by atoms with Gasteiger partial charge in [-0.25, -0.2) is 0 Å². The molecule has 0 aliphatic carbocycles. The Bertz CT molecular complexity index is 552. The molecule has 5 heteroatoms. The van der Waals surface area contributed by atoms with Crippen LogP contribution in [0.5, 0.6) is 0 Å². The average molecular weight is 316 g/mol. The first kappa shape index (κ1) is 17.2. The Morgan fingerprint density at radius 3 is 2.78 bits per heavy atom. The Balaban J connectivity index is 1.78. The Labute approximate surface area is 137 Å². The lowest BCUT2D eigenvalue weighted by Gasteiger charge is -2.15. The van der Waals surface area contributed by atoms with Gasteiger partial charge >= 0.3 is 0 Å². The van der Waals surface area contributed by atoms with Gasteiger partial charge in [-0.1, -0.05) is 12.1 Å². The van der Waals surface area contributed by atoms with Crippen LogP contribution in [-0.2, 0) is 14.3 Å². The van der Waals surface area contributed by atoms with E-state index in [4.69, 9.17) is 4.74 Å². The zero-order chi connectivity index (χ0) is 16.5. The number of carbonyl (C=O) groups excluding carboxylic acids is 2. The summed E-state index contributed by atoms with van der Waals surface area (Å²) in [6.45, 7) is 4.72. The average Bonchev–Trinajstić information content (AvgIpc) is 2.99. The topological polar surface area (TPSA) is 58.6 Å². The van der Waals surface area contributed by atoms with Crippen molar-refractivity contribution in [3.8, 4) is 0 Å². The van der Waals surface area contributed by atoms with Crippen LogP contribution in [0.3, 0.4) is 0 Å². The number of hydrogen-bond donors (Lipinski definition) is 1. The summed E-state index contributed by atoms with van der Waals surface area (Å²) in [5, 5.41) is 2.82. The van der Waals surface area contributed by atoms with E-state index >= 15 is 0 Å². The van der Waals surface area contributed by atoms with E-state index in [1.165, 1.54) is 6.08 Å². The minimum atomic E-state index is -0.111. The molecule has 1 saturated heterocycles.